The Kier molecular flexibility index (Phi) is 3.45. The van der Waals surface area contributed by atoms with Crippen molar-refractivity contribution in [2.45, 2.75) is 26.2 Å². The van der Waals surface area contributed by atoms with E-state index in [2.05, 4.69) is 59.1 Å². The normalized spacial score (nSPS) is 11.8. The monoisotopic (exact) mass is 346 g/mol. The van der Waals surface area contributed by atoms with E-state index in [1.54, 1.807) is 0 Å². The van der Waals surface area contributed by atoms with Gasteiger partial charge in [-0.2, -0.15) is 0 Å². The molecule has 0 atom stereocenters. The molecule has 0 fully saturated rings. The topological polar surface area (TPSA) is 48.2 Å². The summed E-state index contributed by atoms with van der Waals surface area (Å²) >= 11 is 3.43. The van der Waals surface area contributed by atoms with E-state index in [-0.39, 0.29) is 5.41 Å². The molecule has 0 saturated heterocycles. The molecular formula is C16H15BrN2O2. The zero-order valence-electron chi connectivity index (χ0n) is 12.1. The molecule has 1 aromatic heterocycles. The van der Waals surface area contributed by atoms with Crippen LogP contribution in [-0.4, -0.2) is 10.3 Å². The summed E-state index contributed by atoms with van der Waals surface area (Å²) in [5.41, 5.74) is 2.65. The smallest absolute Gasteiger partial charge is 0.177 e. The van der Waals surface area contributed by atoms with E-state index in [1.807, 2.05) is 24.3 Å². The number of aromatic nitrogens is 2. The van der Waals surface area contributed by atoms with Crippen LogP contribution in [0.2, 0.25) is 0 Å². The van der Waals surface area contributed by atoms with E-state index in [0.717, 1.165) is 10.2 Å². The highest BCUT2D eigenvalue weighted by Gasteiger charge is 2.14. The number of halogens is 1. The minimum absolute atomic E-state index is 0.123. The summed E-state index contributed by atoms with van der Waals surface area (Å²) in [4.78, 5) is 0. The van der Waals surface area contributed by atoms with Crippen molar-refractivity contribution in [2.75, 3.05) is 0 Å². The quantitative estimate of drug-likeness (QED) is 0.649. The fraction of sp³-hybridized carbons (Fsp3) is 0.250. The molecule has 0 aliphatic heterocycles. The van der Waals surface area contributed by atoms with E-state index in [9.17, 15) is 0 Å². The van der Waals surface area contributed by atoms with Gasteiger partial charge in [0.25, 0.3) is 0 Å². The second-order valence-corrected chi connectivity index (χ2v) is 6.83. The van der Waals surface area contributed by atoms with Gasteiger partial charge in [0.2, 0.25) is 0 Å². The Labute approximate surface area is 131 Å². The molecular weight excluding hydrogens is 332 g/mol. The Bertz CT molecular complexity index is 773. The largest absolute Gasteiger partial charge is 0.455 e. The van der Waals surface area contributed by atoms with Gasteiger partial charge in [-0.1, -0.05) is 48.8 Å². The van der Waals surface area contributed by atoms with Crippen molar-refractivity contribution in [2.24, 2.45) is 0 Å². The van der Waals surface area contributed by atoms with Crippen LogP contribution < -0.4 is 4.74 Å². The molecule has 3 aromatic rings. The van der Waals surface area contributed by atoms with Crippen molar-refractivity contribution in [3.63, 3.8) is 0 Å². The van der Waals surface area contributed by atoms with Crippen LogP contribution in [0.25, 0.3) is 11.0 Å². The van der Waals surface area contributed by atoms with Gasteiger partial charge in [0.1, 0.15) is 11.3 Å². The number of ether oxygens (including phenoxy) is 1. The standard InChI is InChI=1S/C16H15BrN2O2/c1-16(2,3)10-4-6-12(7-5-10)20-14-9-11(17)8-13-15(14)19-21-18-13/h4-9H,1-3H3. The van der Waals surface area contributed by atoms with Crippen LogP contribution in [0.5, 0.6) is 11.5 Å². The number of benzene rings is 2. The first-order valence-corrected chi connectivity index (χ1v) is 7.43. The Balaban J connectivity index is 1.93. The average molecular weight is 347 g/mol. The molecule has 1 heterocycles. The van der Waals surface area contributed by atoms with Crippen molar-refractivity contribution >= 4 is 27.0 Å². The highest BCUT2D eigenvalue weighted by Crippen LogP contribution is 2.32. The molecule has 5 heteroatoms. The van der Waals surface area contributed by atoms with E-state index in [0.29, 0.717) is 16.8 Å². The van der Waals surface area contributed by atoms with E-state index in [4.69, 9.17) is 9.37 Å². The Morgan fingerprint density at radius 1 is 1.05 bits per heavy atom. The third kappa shape index (κ3) is 2.93. The number of rotatable bonds is 2. The van der Waals surface area contributed by atoms with Crippen LogP contribution in [0.4, 0.5) is 0 Å². The Hall–Kier alpha value is -1.88. The highest BCUT2D eigenvalue weighted by molar-refractivity contribution is 9.10. The third-order valence-electron chi connectivity index (χ3n) is 3.24. The molecule has 0 aliphatic carbocycles. The number of fused-ring (bicyclic) bond motifs is 1. The second-order valence-electron chi connectivity index (χ2n) is 5.91. The SMILES string of the molecule is CC(C)(C)c1ccc(Oc2cc(Br)cc3nonc23)cc1. The van der Waals surface area contributed by atoms with Crippen molar-refractivity contribution in [3.05, 3.63) is 46.4 Å². The Morgan fingerprint density at radius 3 is 2.43 bits per heavy atom. The lowest BCUT2D eigenvalue weighted by molar-refractivity contribution is 0.314. The lowest BCUT2D eigenvalue weighted by Crippen LogP contribution is -2.10. The molecule has 0 spiro atoms. The molecule has 2 aromatic carbocycles. The molecule has 0 N–H and O–H groups in total. The lowest BCUT2D eigenvalue weighted by atomic mass is 9.87. The molecule has 0 saturated carbocycles. The average Bonchev–Trinajstić information content (AvgIpc) is 2.86. The van der Waals surface area contributed by atoms with Gasteiger partial charge in [0.15, 0.2) is 11.3 Å². The fourth-order valence-electron chi connectivity index (χ4n) is 2.05. The van der Waals surface area contributed by atoms with Gasteiger partial charge in [-0.05, 0) is 45.6 Å². The van der Waals surface area contributed by atoms with Crippen molar-refractivity contribution in [1.82, 2.24) is 10.3 Å². The predicted molar refractivity (Wildman–Crippen MR) is 84.7 cm³/mol. The zero-order chi connectivity index (χ0) is 15.0. The van der Waals surface area contributed by atoms with Gasteiger partial charge in [0.05, 0.1) is 0 Å². The van der Waals surface area contributed by atoms with Gasteiger partial charge in [0, 0.05) is 4.47 Å². The van der Waals surface area contributed by atoms with Gasteiger partial charge < -0.3 is 4.74 Å². The van der Waals surface area contributed by atoms with Crippen LogP contribution >= 0.6 is 15.9 Å². The van der Waals surface area contributed by atoms with Crippen LogP contribution in [-0.2, 0) is 5.41 Å². The van der Waals surface area contributed by atoms with Crippen LogP contribution in [0.1, 0.15) is 26.3 Å². The first-order chi connectivity index (χ1) is 9.93. The summed E-state index contributed by atoms with van der Waals surface area (Å²) in [6.45, 7) is 6.55. The van der Waals surface area contributed by atoms with Gasteiger partial charge in [-0.15, -0.1) is 0 Å². The Morgan fingerprint density at radius 2 is 1.76 bits per heavy atom. The summed E-state index contributed by atoms with van der Waals surface area (Å²) in [5.74, 6) is 1.37. The number of hydrogen-bond acceptors (Lipinski definition) is 4. The van der Waals surface area contributed by atoms with Crippen LogP contribution in [0.15, 0.2) is 45.5 Å². The van der Waals surface area contributed by atoms with Crippen LogP contribution in [0, 0.1) is 0 Å². The fourth-order valence-corrected chi connectivity index (χ4v) is 2.48. The van der Waals surface area contributed by atoms with E-state index < -0.39 is 0 Å². The first kappa shape index (κ1) is 14.1. The first-order valence-electron chi connectivity index (χ1n) is 6.64. The van der Waals surface area contributed by atoms with E-state index >= 15 is 0 Å². The van der Waals surface area contributed by atoms with Crippen molar-refractivity contribution < 1.29 is 9.37 Å². The molecule has 0 unspecified atom stereocenters. The molecule has 0 aliphatic rings. The zero-order valence-corrected chi connectivity index (χ0v) is 13.6. The molecule has 21 heavy (non-hydrogen) atoms. The number of hydrogen-bond donors (Lipinski definition) is 0. The van der Waals surface area contributed by atoms with Crippen molar-refractivity contribution in [1.29, 1.82) is 0 Å². The predicted octanol–water partition coefficient (Wildman–Crippen LogP) is 5.08. The molecule has 0 amide bonds. The summed E-state index contributed by atoms with van der Waals surface area (Å²) in [5, 5.41) is 7.71. The molecule has 4 nitrogen and oxygen atoms in total. The highest BCUT2D eigenvalue weighted by atomic mass is 79.9. The van der Waals surface area contributed by atoms with Gasteiger partial charge in [-0.3, -0.25) is 0 Å². The second kappa shape index (κ2) is 5.15. The van der Waals surface area contributed by atoms with Crippen molar-refractivity contribution in [3.8, 4) is 11.5 Å². The summed E-state index contributed by atoms with van der Waals surface area (Å²) in [6, 6.07) is 11.8. The molecule has 0 bridgehead atoms. The third-order valence-corrected chi connectivity index (χ3v) is 3.70. The molecule has 108 valence electrons. The maximum Gasteiger partial charge on any atom is 0.177 e. The minimum atomic E-state index is 0.123. The summed E-state index contributed by atoms with van der Waals surface area (Å²) in [7, 11) is 0. The summed E-state index contributed by atoms with van der Waals surface area (Å²) < 4.78 is 11.5. The lowest BCUT2D eigenvalue weighted by Gasteiger charge is -2.19. The van der Waals surface area contributed by atoms with Gasteiger partial charge >= 0.3 is 0 Å². The molecule has 0 radical (unpaired) electrons. The number of nitrogens with zero attached hydrogens (tertiary/aromatic N) is 2. The molecule has 3 rings (SSSR count). The maximum absolute atomic E-state index is 5.91. The minimum Gasteiger partial charge on any atom is -0.455 e. The maximum atomic E-state index is 5.91. The van der Waals surface area contributed by atoms with Gasteiger partial charge in [-0.25, -0.2) is 4.63 Å². The summed E-state index contributed by atoms with van der Waals surface area (Å²) in [6.07, 6.45) is 0. The van der Waals surface area contributed by atoms with E-state index in [1.165, 1.54) is 5.56 Å². The van der Waals surface area contributed by atoms with Crippen LogP contribution in [0.3, 0.4) is 0 Å².